The molecule has 2 rings (SSSR count). The Balaban J connectivity index is 2.76. The van der Waals surface area contributed by atoms with Crippen molar-refractivity contribution in [2.24, 2.45) is 0 Å². The average molecular weight is 254 g/mol. The molecule has 0 amide bonds. The van der Waals surface area contributed by atoms with E-state index < -0.39 is 11.6 Å². The van der Waals surface area contributed by atoms with Crippen LogP contribution in [-0.2, 0) is 0 Å². The monoisotopic (exact) mass is 254 g/mol. The van der Waals surface area contributed by atoms with Crippen LogP contribution in [-0.4, -0.2) is 15.0 Å². The summed E-state index contributed by atoms with van der Waals surface area (Å²) in [7, 11) is 0. The van der Waals surface area contributed by atoms with Crippen LogP contribution in [0.25, 0.3) is 11.4 Å². The molecule has 0 aliphatic heterocycles. The van der Waals surface area contributed by atoms with Gasteiger partial charge in [0.15, 0.2) is 0 Å². The second-order valence-corrected chi connectivity index (χ2v) is 3.78. The molecule has 0 aliphatic carbocycles. The van der Waals surface area contributed by atoms with E-state index in [1.54, 1.807) is 0 Å². The Morgan fingerprint density at radius 1 is 1.29 bits per heavy atom. The first-order valence-electron chi connectivity index (χ1n) is 4.68. The minimum absolute atomic E-state index is 0.0414. The highest BCUT2D eigenvalue weighted by molar-refractivity contribution is 7.71. The normalized spacial score (nSPS) is 10.5. The van der Waals surface area contributed by atoms with E-state index in [9.17, 15) is 8.78 Å². The number of H-pyrrole nitrogens is 1. The third kappa shape index (κ3) is 2.14. The minimum Gasteiger partial charge on any atom is -0.369 e. The van der Waals surface area contributed by atoms with Gasteiger partial charge in [-0.05, 0) is 30.8 Å². The molecule has 0 bridgehead atoms. The van der Waals surface area contributed by atoms with Crippen molar-refractivity contribution in [1.29, 1.82) is 0 Å². The van der Waals surface area contributed by atoms with Crippen molar-refractivity contribution in [1.82, 2.24) is 15.0 Å². The summed E-state index contributed by atoms with van der Waals surface area (Å²) in [5.74, 6) is -1.55. The molecule has 7 heteroatoms. The van der Waals surface area contributed by atoms with Crippen molar-refractivity contribution in [3.05, 3.63) is 34.1 Å². The number of rotatable bonds is 1. The first kappa shape index (κ1) is 11.6. The van der Waals surface area contributed by atoms with Crippen molar-refractivity contribution in [3.8, 4) is 11.4 Å². The molecule has 0 spiro atoms. The van der Waals surface area contributed by atoms with E-state index in [2.05, 4.69) is 15.0 Å². The molecule has 1 heterocycles. The Hall–Kier alpha value is -1.89. The Morgan fingerprint density at radius 3 is 2.65 bits per heavy atom. The van der Waals surface area contributed by atoms with Gasteiger partial charge in [-0.1, -0.05) is 6.07 Å². The summed E-state index contributed by atoms with van der Waals surface area (Å²) < 4.78 is 27.3. The van der Waals surface area contributed by atoms with Gasteiger partial charge in [-0.15, -0.1) is 0 Å². The highest BCUT2D eigenvalue weighted by atomic mass is 32.1. The van der Waals surface area contributed by atoms with Crippen molar-refractivity contribution >= 4 is 18.2 Å². The molecule has 3 N–H and O–H groups in total. The van der Waals surface area contributed by atoms with E-state index in [0.29, 0.717) is 5.56 Å². The van der Waals surface area contributed by atoms with Gasteiger partial charge in [0.05, 0.1) is 5.56 Å². The summed E-state index contributed by atoms with van der Waals surface area (Å²) in [6.07, 6.45) is 0. The van der Waals surface area contributed by atoms with E-state index >= 15 is 0 Å². The predicted molar refractivity (Wildman–Crippen MR) is 61.7 cm³/mol. The Morgan fingerprint density at radius 2 is 2.00 bits per heavy atom. The summed E-state index contributed by atoms with van der Waals surface area (Å²) in [6.45, 7) is 1.53. The van der Waals surface area contributed by atoms with Crippen LogP contribution in [0.5, 0.6) is 0 Å². The highest BCUT2D eigenvalue weighted by Crippen LogP contribution is 2.25. The number of nitrogens with one attached hydrogen (secondary N) is 1. The average Bonchev–Trinajstić information content (AvgIpc) is 2.23. The fraction of sp³-hybridized carbons (Fsp3) is 0.100. The van der Waals surface area contributed by atoms with Crippen molar-refractivity contribution in [2.45, 2.75) is 6.92 Å². The molecule has 0 fully saturated rings. The van der Waals surface area contributed by atoms with Gasteiger partial charge in [-0.25, -0.2) is 13.8 Å². The van der Waals surface area contributed by atoms with Crippen LogP contribution in [0.2, 0.25) is 0 Å². The molecule has 0 aliphatic rings. The quantitative estimate of drug-likeness (QED) is 0.767. The fourth-order valence-corrected chi connectivity index (χ4v) is 1.58. The Bertz CT molecular complexity index is 639. The largest absolute Gasteiger partial charge is 0.369 e. The number of anilines is 1. The van der Waals surface area contributed by atoms with Gasteiger partial charge >= 0.3 is 0 Å². The molecule has 0 unspecified atom stereocenters. The van der Waals surface area contributed by atoms with Gasteiger partial charge in [0.25, 0.3) is 0 Å². The number of nitrogen functional groups attached to an aromatic ring is 1. The SMILES string of the molecule is Cc1ccc(F)c(-c2nc(=S)nc(N)[nH]2)c1F. The Labute approximate surface area is 101 Å². The van der Waals surface area contributed by atoms with Gasteiger partial charge in [0, 0.05) is 0 Å². The van der Waals surface area contributed by atoms with Gasteiger partial charge in [-0.2, -0.15) is 4.98 Å². The van der Waals surface area contributed by atoms with Crippen LogP contribution in [0.1, 0.15) is 5.56 Å². The number of hydrogen-bond acceptors (Lipinski definition) is 4. The molecule has 0 atom stereocenters. The third-order valence-electron chi connectivity index (χ3n) is 2.19. The van der Waals surface area contributed by atoms with Gasteiger partial charge in [0.1, 0.15) is 17.5 Å². The molecule has 1 aromatic carbocycles. The van der Waals surface area contributed by atoms with Crippen LogP contribution in [0.3, 0.4) is 0 Å². The van der Waals surface area contributed by atoms with Gasteiger partial charge in [0.2, 0.25) is 10.7 Å². The van der Waals surface area contributed by atoms with E-state index in [0.717, 1.165) is 6.07 Å². The van der Waals surface area contributed by atoms with Crippen LogP contribution in [0.4, 0.5) is 14.7 Å². The lowest BCUT2D eigenvalue weighted by Gasteiger charge is -2.06. The van der Waals surface area contributed by atoms with E-state index in [4.69, 9.17) is 18.0 Å². The number of aryl methyl sites for hydroxylation is 1. The van der Waals surface area contributed by atoms with Crippen LogP contribution in [0.15, 0.2) is 12.1 Å². The number of aromatic nitrogens is 3. The standard InChI is InChI=1S/C10H8F2N4S/c1-4-2-3-5(11)6(7(4)12)8-14-9(13)16-10(17)15-8/h2-3H,1H3,(H3,13,14,15,16,17). The molecule has 17 heavy (non-hydrogen) atoms. The molecule has 4 nitrogen and oxygen atoms in total. The summed E-state index contributed by atoms with van der Waals surface area (Å²) in [5.41, 5.74) is 5.43. The lowest BCUT2D eigenvalue weighted by Crippen LogP contribution is -2.03. The lowest BCUT2D eigenvalue weighted by molar-refractivity contribution is 0.581. The zero-order valence-corrected chi connectivity index (χ0v) is 9.61. The molecule has 0 saturated heterocycles. The third-order valence-corrected chi connectivity index (χ3v) is 2.37. The fourth-order valence-electron chi connectivity index (χ4n) is 1.39. The topological polar surface area (TPSA) is 67.6 Å². The zero-order chi connectivity index (χ0) is 12.6. The molecule has 88 valence electrons. The van der Waals surface area contributed by atoms with E-state index in [-0.39, 0.29) is 22.1 Å². The number of hydrogen-bond donors (Lipinski definition) is 2. The van der Waals surface area contributed by atoms with Crippen LogP contribution < -0.4 is 5.73 Å². The molecule has 1 aromatic heterocycles. The molecular formula is C10H8F2N4S. The van der Waals surface area contributed by atoms with Crippen molar-refractivity contribution < 1.29 is 8.78 Å². The summed E-state index contributed by atoms with van der Waals surface area (Å²) in [5, 5.41) is 0. The van der Waals surface area contributed by atoms with E-state index in [1.807, 2.05) is 0 Å². The number of halogens is 2. The maximum atomic E-state index is 13.8. The first-order valence-corrected chi connectivity index (χ1v) is 5.08. The highest BCUT2D eigenvalue weighted by Gasteiger charge is 2.15. The van der Waals surface area contributed by atoms with Crippen LogP contribution in [0, 0.1) is 23.3 Å². The number of nitrogens with zero attached hydrogens (tertiary/aromatic N) is 2. The van der Waals surface area contributed by atoms with E-state index in [1.165, 1.54) is 13.0 Å². The lowest BCUT2D eigenvalue weighted by atomic mass is 10.1. The maximum absolute atomic E-state index is 13.8. The summed E-state index contributed by atoms with van der Waals surface area (Å²) in [4.78, 5) is 9.86. The van der Waals surface area contributed by atoms with Crippen molar-refractivity contribution in [3.63, 3.8) is 0 Å². The number of nitrogens with two attached hydrogens (primary N) is 1. The molecular weight excluding hydrogens is 246 g/mol. The number of aromatic amines is 1. The Kier molecular flexibility index (Phi) is 2.84. The predicted octanol–water partition coefficient (Wildman–Crippen LogP) is 2.37. The second-order valence-electron chi connectivity index (χ2n) is 3.42. The molecule has 0 saturated carbocycles. The molecule has 2 aromatic rings. The van der Waals surface area contributed by atoms with Crippen molar-refractivity contribution in [2.75, 3.05) is 5.73 Å². The maximum Gasteiger partial charge on any atom is 0.224 e. The zero-order valence-electron chi connectivity index (χ0n) is 8.79. The first-order chi connectivity index (χ1) is 7.99. The smallest absolute Gasteiger partial charge is 0.224 e. The summed E-state index contributed by atoms with van der Waals surface area (Å²) >= 11 is 4.74. The molecule has 0 radical (unpaired) electrons. The summed E-state index contributed by atoms with van der Waals surface area (Å²) in [6, 6.07) is 2.50. The number of benzene rings is 1. The van der Waals surface area contributed by atoms with Gasteiger partial charge < -0.3 is 10.7 Å². The van der Waals surface area contributed by atoms with Crippen LogP contribution >= 0.6 is 12.2 Å². The second kappa shape index (κ2) is 4.17. The minimum atomic E-state index is -0.739. The van der Waals surface area contributed by atoms with Gasteiger partial charge in [-0.3, -0.25) is 0 Å².